The van der Waals surface area contributed by atoms with Crippen LogP contribution >= 0.6 is 0 Å². The summed E-state index contributed by atoms with van der Waals surface area (Å²) in [4.78, 5) is 21.4. The standard InChI is InChI=1S/C20H27N3O/c24-19(18-5-1-2-12-21-18)23-15-10-20(11-16-23)8-6-17(7-9-20)22-13-3-4-14-22/h1-2,5-6,8,12,17H,3-4,7,9-11,13-16H2/t17-/m1/s1. The number of hydrogen-bond donors (Lipinski definition) is 0. The van der Waals surface area contributed by atoms with E-state index < -0.39 is 0 Å². The molecule has 0 N–H and O–H groups in total. The fraction of sp³-hybridized carbons (Fsp3) is 0.600. The minimum absolute atomic E-state index is 0.0835. The van der Waals surface area contributed by atoms with E-state index in [9.17, 15) is 4.79 Å². The summed E-state index contributed by atoms with van der Waals surface area (Å²) in [6, 6.07) is 6.21. The minimum Gasteiger partial charge on any atom is -0.337 e. The molecule has 3 aliphatic rings. The second kappa shape index (κ2) is 6.67. The van der Waals surface area contributed by atoms with Gasteiger partial charge in [-0.05, 0) is 69.2 Å². The van der Waals surface area contributed by atoms with Crippen molar-refractivity contribution in [3.63, 3.8) is 0 Å². The molecule has 0 radical (unpaired) electrons. The highest BCUT2D eigenvalue weighted by atomic mass is 16.2. The zero-order valence-electron chi connectivity index (χ0n) is 14.4. The van der Waals surface area contributed by atoms with Gasteiger partial charge in [0.15, 0.2) is 0 Å². The van der Waals surface area contributed by atoms with Crippen molar-refractivity contribution in [2.45, 2.75) is 44.6 Å². The molecule has 128 valence electrons. The lowest BCUT2D eigenvalue weighted by Gasteiger charge is -2.43. The first-order valence-corrected chi connectivity index (χ1v) is 9.40. The quantitative estimate of drug-likeness (QED) is 0.784. The van der Waals surface area contributed by atoms with Gasteiger partial charge in [0.2, 0.25) is 0 Å². The van der Waals surface area contributed by atoms with Crippen molar-refractivity contribution in [1.82, 2.24) is 14.8 Å². The summed E-state index contributed by atoms with van der Waals surface area (Å²) < 4.78 is 0. The molecular formula is C20H27N3O. The fourth-order valence-electron chi connectivity index (χ4n) is 4.53. The molecule has 24 heavy (non-hydrogen) atoms. The van der Waals surface area contributed by atoms with Crippen LogP contribution in [0.15, 0.2) is 36.5 Å². The van der Waals surface area contributed by atoms with Crippen LogP contribution in [0.2, 0.25) is 0 Å². The monoisotopic (exact) mass is 325 g/mol. The zero-order chi connectivity index (χ0) is 16.4. The van der Waals surface area contributed by atoms with Crippen molar-refractivity contribution in [1.29, 1.82) is 0 Å². The lowest BCUT2D eigenvalue weighted by molar-refractivity contribution is 0.0603. The molecule has 1 aliphatic carbocycles. The van der Waals surface area contributed by atoms with E-state index in [0.29, 0.717) is 17.2 Å². The van der Waals surface area contributed by atoms with Gasteiger partial charge >= 0.3 is 0 Å². The third-order valence-electron chi connectivity index (χ3n) is 6.15. The molecule has 0 bridgehead atoms. The van der Waals surface area contributed by atoms with Crippen LogP contribution in [-0.4, -0.2) is 52.9 Å². The molecule has 4 nitrogen and oxygen atoms in total. The largest absolute Gasteiger partial charge is 0.337 e. The summed E-state index contributed by atoms with van der Waals surface area (Å²) in [7, 11) is 0. The first kappa shape index (κ1) is 15.8. The Morgan fingerprint density at radius 2 is 1.88 bits per heavy atom. The van der Waals surface area contributed by atoms with Crippen LogP contribution in [0, 0.1) is 5.41 Å². The second-order valence-corrected chi connectivity index (χ2v) is 7.58. The summed E-state index contributed by atoms with van der Waals surface area (Å²) in [5.41, 5.74) is 0.902. The average Bonchev–Trinajstić information content (AvgIpc) is 3.18. The Morgan fingerprint density at radius 1 is 1.08 bits per heavy atom. The lowest BCUT2D eigenvalue weighted by atomic mass is 9.71. The number of allylic oxidation sites excluding steroid dienone is 1. The van der Waals surface area contributed by atoms with Crippen molar-refractivity contribution in [2.75, 3.05) is 26.2 Å². The molecule has 2 aliphatic heterocycles. The maximum absolute atomic E-state index is 12.5. The molecular weight excluding hydrogens is 298 g/mol. The van der Waals surface area contributed by atoms with Crippen LogP contribution in [0.25, 0.3) is 0 Å². The number of hydrogen-bond acceptors (Lipinski definition) is 3. The van der Waals surface area contributed by atoms with Gasteiger partial charge in [-0.3, -0.25) is 14.7 Å². The predicted molar refractivity (Wildman–Crippen MR) is 94.8 cm³/mol. The summed E-state index contributed by atoms with van der Waals surface area (Å²) in [6.07, 6.45) is 14.1. The summed E-state index contributed by atoms with van der Waals surface area (Å²) >= 11 is 0. The molecule has 1 aromatic heterocycles. The zero-order valence-corrected chi connectivity index (χ0v) is 14.4. The van der Waals surface area contributed by atoms with Gasteiger partial charge in [0.25, 0.3) is 5.91 Å². The second-order valence-electron chi connectivity index (χ2n) is 7.58. The van der Waals surface area contributed by atoms with Crippen LogP contribution in [-0.2, 0) is 0 Å². The molecule has 1 amide bonds. The number of rotatable bonds is 2. The molecule has 0 aromatic carbocycles. The van der Waals surface area contributed by atoms with Crippen LogP contribution in [0.3, 0.4) is 0 Å². The van der Waals surface area contributed by atoms with Gasteiger partial charge in [-0.2, -0.15) is 0 Å². The van der Waals surface area contributed by atoms with E-state index in [2.05, 4.69) is 22.0 Å². The van der Waals surface area contributed by atoms with E-state index in [0.717, 1.165) is 25.9 Å². The van der Waals surface area contributed by atoms with Crippen LogP contribution < -0.4 is 0 Å². The maximum atomic E-state index is 12.5. The molecule has 0 unspecified atom stereocenters. The summed E-state index contributed by atoms with van der Waals surface area (Å²) in [6.45, 7) is 4.25. The van der Waals surface area contributed by atoms with E-state index in [1.165, 1.54) is 38.8 Å². The van der Waals surface area contributed by atoms with Crippen LogP contribution in [0.5, 0.6) is 0 Å². The molecule has 2 fully saturated rings. The van der Waals surface area contributed by atoms with Gasteiger partial charge in [-0.25, -0.2) is 0 Å². The first-order chi connectivity index (χ1) is 11.8. The average molecular weight is 325 g/mol. The molecule has 2 saturated heterocycles. The van der Waals surface area contributed by atoms with E-state index >= 15 is 0 Å². The Kier molecular flexibility index (Phi) is 4.40. The van der Waals surface area contributed by atoms with Crippen molar-refractivity contribution in [2.24, 2.45) is 5.41 Å². The number of amides is 1. The van der Waals surface area contributed by atoms with E-state index in [-0.39, 0.29) is 5.91 Å². The number of carbonyl (C=O) groups is 1. The smallest absolute Gasteiger partial charge is 0.272 e. The van der Waals surface area contributed by atoms with Gasteiger partial charge < -0.3 is 4.90 Å². The highest BCUT2D eigenvalue weighted by molar-refractivity contribution is 5.92. The van der Waals surface area contributed by atoms with Gasteiger partial charge in [0.1, 0.15) is 5.69 Å². The predicted octanol–water partition coefficient (Wildman–Crippen LogP) is 3.12. The van der Waals surface area contributed by atoms with Crippen molar-refractivity contribution in [3.8, 4) is 0 Å². The number of nitrogens with zero attached hydrogens (tertiary/aromatic N) is 3. The van der Waals surface area contributed by atoms with E-state index in [4.69, 9.17) is 0 Å². The number of pyridine rings is 1. The van der Waals surface area contributed by atoms with E-state index in [1.54, 1.807) is 6.20 Å². The maximum Gasteiger partial charge on any atom is 0.272 e. The fourth-order valence-corrected chi connectivity index (χ4v) is 4.53. The molecule has 1 aromatic rings. The number of piperidine rings is 1. The Hall–Kier alpha value is -1.68. The highest BCUT2D eigenvalue weighted by Crippen LogP contribution is 2.42. The first-order valence-electron chi connectivity index (χ1n) is 9.40. The minimum atomic E-state index is 0.0835. The molecule has 4 heteroatoms. The summed E-state index contributed by atoms with van der Waals surface area (Å²) in [5, 5.41) is 0. The van der Waals surface area contributed by atoms with Gasteiger partial charge in [0, 0.05) is 25.3 Å². The number of likely N-dealkylation sites (tertiary alicyclic amines) is 2. The molecule has 4 rings (SSSR count). The van der Waals surface area contributed by atoms with Crippen molar-refractivity contribution in [3.05, 3.63) is 42.2 Å². The lowest BCUT2D eigenvalue weighted by Crippen LogP contribution is -2.45. The third kappa shape index (κ3) is 3.12. The highest BCUT2D eigenvalue weighted by Gasteiger charge is 2.37. The van der Waals surface area contributed by atoms with Gasteiger partial charge in [-0.15, -0.1) is 0 Å². The Labute approximate surface area is 144 Å². The normalized spacial score (nSPS) is 26.8. The SMILES string of the molecule is O=C(c1ccccn1)N1CCC2(C=C[C@@H](N3CCCC3)CC2)CC1. The summed E-state index contributed by atoms with van der Waals surface area (Å²) in [5.74, 6) is 0.0835. The molecule has 3 heterocycles. The van der Waals surface area contributed by atoms with Gasteiger partial charge in [-0.1, -0.05) is 18.2 Å². The molecule has 1 spiro atoms. The topological polar surface area (TPSA) is 36.4 Å². The van der Waals surface area contributed by atoms with Crippen molar-refractivity contribution < 1.29 is 4.79 Å². The molecule has 1 atom stereocenters. The molecule has 0 saturated carbocycles. The van der Waals surface area contributed by atoms with Crippen molar-refractivity contribution >= 4 is 5.91 Å². The van der Waals surface area contributed by atoms with Gasteiger partial charge in [0.05, 0.1) is 0 Å². The Balaban J connectivity index is 1.36. The van der Waals surface area contributed by atoms with Crippen LogP contribution in [0.4, 0.5) is 0 Å². The Morgan fingerprint density at radius 3 is 2.50 bits per heavy atom. The van der Waals surface area contributed by atoms with Crippen LogP contribution in [0.1, 0.15) is 49.0 Å². The van der Waals surface area contributed by atoms with E-state index in [1.807, 2.05) is 23.1 Å². The number of carbonyl (C=O) groups excluding carboxylic acids is 1. The third-order valence-corrected chi connectivity index (χ3v) is 6.15. The number of aromatic nitrogens is 1. The Bertz CT molecular complexity index is 599.